The van der Waals surface area contributed by atoms with Gasteiger partial charge in [-0.1, -0.05) is 0 Å². The molecule has 2 N–H and O–H groups in total. The van der Waals surface area contributed by atoms with E-state index in [2.05, 4.69) is 19.9 Å². The molecular formula is C9H9N5. The van der Waals surface area contributed by atoms with Crippen molar-refractivity contribution < 1.29 is 0 Å². The molecule has 0 aliphatic carbocycles. The minimum atomic E-state index is -0.364. The highest BCUT2D eigenvalue weighted by molar-refractivity contribution is 5.15. The van der Waals surface area contributed by atoms with Gasteiger partial charge in [-0.05, 0) is 0 Å². The fourth-order valence-electron chi connectivity index (χ4n) is 1.09. The van der Waals surface area contributed by atoms with E-state index in [1.54, 1.807) is 37.2 Å². The predicted octanol–water partition coefficient (Wildman–Crippen LogP) is 0.315. The van der Waals surface area contributed by atoms with Crippen LogP contribution in [0.2, 0.25) is 0 Å². The lowest BCUT2D eigenvalue weighted by molar-refractivity contribution is 0.778. The van der Waals surface area contributed by atoms with Gasteiger partial charge in [0.05, 0.1) is 29.8 Å². The second kappa shape index (κ2) is 3.89. The van der Waals surface area contributed by atoms with Crippen LogP contribution in [-0.2, 0) is 0 Å². The zero-order chi connectivity index (χ0) is 9.80. The summed E-state index contributed by atoms with van der Waals surface area (Å²) in [6, 6.07) is -0.364. The van der Waals surface area contributed by atoms with Crippen LogP contribution in [0.4, 0.5) is 0 Å². The number of hydrogen-bond donors (Lipinski definition) is 1. The van der Waals surface area contributed by atoms with Crippen LogP contribution >= 0.6 is 0 Å². The quantitative estimate of drug-likeness (QED) is 0.732. The molecule has 0 fully saturated rings. The minimum absolute atomic E-state index is 0.364. The molecule has 2 rings (SSSR count). The van der Waals surface area contributed by atoms with Crippen LogP contribution in [0, 0.1) is 0 Å². The average Bonchev–Trinajstić information content (AvgIpc) is 2.30. The standard InChI is InChI=1S/C9H9N5/c10-9(7-5-11-1-3-13-7)8-6-12-2-4-14-8/h1-6,9H,10H2. The molecule has 70 valence electrons. The molecular weight excluding hydrogens is 178 g/mol. The number of nitrogens with two attached hydrogens (primary N) is 1. The fourth-order valence-corrected chi connectivity index (χ4v) is 1.09. The lowest BCUT2D eigenvalue weighted by Crippen LogP contribution is -2.15. The first kappa shape index (κ1) is 8.71. The lowest BCUT2D eigenvalue weighted by atomic mass is 10.2. The van der Waals surface area contributed by atoms with Gasteiger partial charge in [-0.15, -0.1) is 0 Å². The molecule has 0 saturated heterocycles. The summed E-state index contributed by atoms with van der Waals surface area (Å²) in [5, 5.41) is 0. The van der Waals surface area contributed by atoms with Crippen molar-refractivity contribution in [1.82, 2.24) is 19.9 Å². The minimum Gasteiger partial charge on any atom is -0.318 e. The van der Waals surface area contributed by atoms with Gasteiger partial charge in [0, 0.05) is 24.8 Å². The summed E-state index contributed by atoms with van der Waals surface area (Å²) in [7, 11) is 0. The number of aromatic nitrogens is 4. The third-order valence-corrected chi connectivity index (χ3v) is 1.80. The average molecular weight is 187 g/mol. The van der Waals surface area contributed by atoms with Gasteiger partial charge in [0.15, 0.2) is 0 Å². The summed E-state index contributed by atoms with van der Waals surface area (Å²) in [6.07, 6.45) is 9.66. The highest BCUT2D eigenvalue weighted by Crippen LogP contribution is 2.12. The highest BCUT2D eigenvalue weighted by Gasteiger charge is 2.10. The Labute approximate surface area is 81.1 Å². The maximum Gasteiger partial charge on any atom is 0.0931 e. The first-order valence-electron chi connectivity index (χ1n) is 4.15. The molecule has 0 aliphatic heterocycles. The molecule has 0 bridgehead atoms. The molecule has 0 unspecified atom stereocenters. The van der Waals surface area contributed by atoms with Crippen molar-refractivity contribution >= 4 is 0 Å². The van der Waals surface area contributed by atoms with E-state index in [-0.39, 0.29) is 6.04 Å². The molecule has 0 aromatic carbocycles. The fraction of sp³-hybridized carbons (Fsp3) is 0.111. The lowest BCUT2D eigenvalue weighted by Gasteiger charge is -2.08. The summed E-state index contributed by atoms with van der Waals surface area (Å²) >= 11 is 0. The van der Waals surface area contributed by atoms with Crippen molar-refractivity contribution in [1.29, 1.82) is 0 Å². The van der Waals surface area contributed by atoms with Crippen molar-refractivity contribution in [2.24, 2.45) is 5.73 Å². The molecule has 14 heavy (non-hydrogen) atoms. The van der Waals surface area contributed by atoms with Crippen molar-refractivity contribution in [2.75, 3.05) is 0 Å². The summed E-state index contributed by atoms with van der Waals surface area (Å²) in [5.41, 5.74) is 7.29. The molecule has 2 heterocycles. The highest BCUT2D eigenvalue weighted by atomic mass is 14.9. The topological polar surface area (TPSA) is 77.6 Å². The van der Waals surface area contributed by atoms with Crippen LogP contribution in [-0.4, -0.2) is 19.9 Å². The maximum atomic E-state index is 5.91. The molecule has 0 atom stereocenters. The van der Waals surface area contributed by atoms with Crippen LogP contribution in [0.1, 0.15) is 17.4 Å². The second-order valence-corrected chi connectivity index (χ2v) is 2.74. The Morgan fingerprint density at radius 3 is 1.71 bits per heavy atom. The molecule has 0 amide bonds. The van der Waals surface area contributed by atoms with Gasteiger partial charge in [-0.2, -0.15) is 0 Å². The maximum absolute atomic E-state index is 5.91. The summed E-state index contributed by atoms with van der Waals surface area (Å²) in [4.78, 5) is 16.1. The van der Waals surface area contributed by atoms with Gasteiger partial charge in [0.2, 0.25) is 0 Å². The normalized spacial score (nSPS) is 10.4. The number of nitrogens with zero attached hydrogens (tertiary/aromatic N) is 4. The summed E-state index contributed by atoms with van der Waals surface area (Å²) < 4.78 is 0. The van der Waals surface area contributed by atoms with Gasteiger partial charge in [-0.3, -0.25) is 19.9 Å². The van der Waals surface area contributed by atoms with Crippen molar-refractivity contribution in [3.8, 4) is 0 Å². The molecule has 0 radical (unpaired) electrons. The molecule has 5 nitrogen and oxygen atoms in total. The van der Waals surface area contributed by atoms with Crippen LogP contribution in [0.5, 0.6) is 0 Å². The summed E-state index contributed by atoms with van der Waals surface area (Å²) in [6.45, 7) is 0. The van der Waals surface area contributed by atoms with Gasteiger partial charge in [-0.25, -0.2) is 0 Å². The molecule has 0 aliphatic rings. The zero-order valence-electron chi connectivity index (χ0n) is 7.41. The van der Waals surface area contributed by atoms with E-state index in [0.29, 0.717) is 11.4 Å². The van der Waals surface area contributed by atoms with Crippen molar-refractivity contribution in [2.45, 2.75) is 6.04 Å². The van der Waals surface area contributed by atoms with Crippen LogP contribution in [0.3, 0.4) is 0 Å². The van der Waals surface area contributed by atoms with E-state index >= 15 is 0 Å². The van der Waals surface area contributed by atoms with E-state index in [1.165, 1.54) is 0 Å². The van der Waals surface area contributed by atoms with Crippen LogP contribution in [0.25, 0.3) is 0 Å². The van der Waals surface area contributed by atoms with Crippen molar-refractivity contribution in [3.05, 3.63) is 48.6 Å². The number of hydrogen-bond acceptors (Lipinski definition) is 5. The van der Waals surface area contributed by atoms with E-state index in [0.717, 1.165) is 0 Å². The number of rotatable bonds is 2. The SMILES string of the molecule is NC(c1cnccn1)c1cnccn1. The Morgan fingerprint density at radius 1 is 0.857 bits per heavy atom. The smallest absolute Gasteiger partial charge is 0.0931 e. The predicted molar refractivity (Wildman–Crippen MR) is 50.1 cm³/mol. The molecule has 0 spiro atoms. The van der Waals surface area contributed by atoms with E-state index in [1.807, 2.05) is 0 Å². The third kappa shape index (κ3) is 1.72. The molecule has 0 saturated carbocycles. The Morgan fingerprint density at radius 2 is 1.36 bits per heavy atom. The van der Waals surface area contributed by atoms with E-state index < -0.39 is 0 Å². The Kier molecular flexibility index (Phi) is 2.42. The largest absolute Gasteiger partial charge is 0.318 e. The Hall–Kier alpha value is -1.88. The second-order valence-electron chi connectivity index (χ2n) is 2.74. The first-order chi connectivity index (χ1) is 6.88. The van der Waals surface area contributed by atoms with Gasteiger partial charge in [0.25, 0.3) is 0 Å². The van der Waals surface area contributed by atoms with Crippen LogP contribution in [0.15, 0.2) is 37.2 Å². The Balaban J connectivity index is 2.30. The van der Waals surface area contributed by atoms with Crippen LogP contribution < -0.4 is 5.73 Å². The molecule has 5 heteroatoms. The van der Waals surface area contributed by atoms with Gasteiger partial charge in [0.1, 0.15) is 0 Å². The molecule has 2 aromatic heterocycles. The molecule has 2 aromatic rings. The third-order valence-electron chi connectivity index (χ3n) is 1.80. The van der Waals surface area contributed by atoms with E-state index in [4.69, 9.17) is 5.73 Å². The van der Waals surface area contributed by atoms with Gasteiger partial charge >= 0.3 is 0 Å². The summed E-state index contributed by atoms with van der Waals surface area (Å²) in [5.74, 6) is 0. The van der Waals surface area contributed by atoms with Gasteiger partial charge < -0.3 is 5.73 Å². The zero-order valence-corrected chi connectivity index (χ0v) is 7.41. The Bertz CT molecular complexity index is 349. The van der Waals surface area contributed by atoms with E-state index in [9.17, 15) is 0 Å². The van der Waals surface area contributed by atoms with Crippen molar-refractivity contribution in [3.63, 3.8) is 0 Å². The monoisotopic (exact) mass is 187 g/mol. The first-order valence-corrected chi connectivity index (χ1v) is 4.15.